The minimum atomic E-state index is -0.0926. The Morgan fingerprint density at radius 2 is 1.04 bits per heavy atom. The standard InChI is InChI=1S/C45H33NS/c1-45(2)40-26-24-34(29-39(40)44-36(17-11-18-41(44)45)32-14-7-4-8-15-32)46(33-22-20-31(21-23-33)30-12-5-3-6-13-30)35-25-27-43-38(28-35)37-16-9-10-19-42(37)47-43/h3-29H,1-2H3. The van der Waals surface area contributed by atoms with Crippen LogP contribution in [-0.4, -0.2) is 0 Å². The lowest BCUT2D eigenvalue weighted by Gasteiger charge is -2.27. The number of rotatable bonds is 5. The first-order valence-electron chi connectivity index (χ1n) is 16.3. The van der Waals surface area contributed by atoms with E-state index in [0.717, 1.165) is 17.1 Å². The molecular weight excluding hydrogens is 587 g/mol. The van der Waals surface area contributed by atoms with Crippen LogP contribution in [0.15, 0.2) is 164 Å². The zero-order valence-electron chi connectivity index (χ0n) is 26.4. The molecule has 0 atom stereocenters. The molecule has 0 bridgehead atoms. The quantitative estimate of drug-likeness (QED) is 0.185. The average Bonchev–Trinajstić information content (AvgIpc) is 3.61. The first-order valence-corrected chi connectivity index (χ1v) is 17.1. The molecule has 0 radical (unpaired) electrons. The number of nitrogens with zero attached hydrogens (tertiary/aromatic N) is 1. The molecule has 1 heterocycles. The summed E-state index contributed by atoms with van der Waals surface area (Å²) < 4.78 is 2.63. The van der Waals surface area contributed by atoms with Gasteiger partial charge in [-0.05, 0) is 93.0 Å². The zero-order valence-corrected chi connectivity index (χ0v) is 27.3. The average molecular weight is 620 g/mol. The monoisotopic (exact) mass is 619 g/mol. The van der Waals surface area contributed by atoms with E-state index in [-0.39, 0.29) is 5.41 Å². The van der Waals surface area contributed by atoms with E-state index in [1.807, 2.05) is 11.3 Å². The molecule has 1 aromatic heterocycles. The minimum Gasteiger partial charge on any atom is -0.310 e. The smallest absolute Gasteiger partial charge is 0.0468 e. The molecule has 2 heteroatoms. The Morgan fingerprint density at radius 1 is 0.426 bits per heavy atom. The maximum Gasteiger partial charge on any atom is 0.0468 e. The number of hydrogen-bond acceptors (Lipinski definition) is 2. The summed E-state index contributed by atoms with van der Waals surface area (Å²) in [6, 6.07) is 60.1. The van der Waals surface area contributed by atoms with Crippen molar-refractivity contribution in [2.45, 2.75) is 19.3 Å². The summed E-state index contributed by atoms with van der Waals surface area (Å²) in [6.07, 6.45) is 0. The van der Waals surface area contributed by atoms with Gasteiger partial charge < -0.3 is 4.90 Å². The molecule has 1 aliphatic rings. The van der Waals surface area contributed by atoms with E-state index in [1.54, 1.807) is 0 Å². The number of hydrogen-bond donors (Lipinski definition) is 0. The lowest BCUT2D eigenvalue weighted by atomic mass is 9.82. The van der Waals surface area contributed by atoms with Crippen LogP contribution in [0.1, 0.15) is 25.0 Å². The summed E-state index contributed by atoms with van der Waals surface area (Å²) in [6.45, 7) is 4.73. The summed E-state index contributed by atoms with van der Waals surface area (Å²) >= 11 is 1.86. The van der Waals surface area contributed by atoms with Gasteiger partial charge in [0.25, 0.3) is 0 Å². The van der Waals surface area contributed by atoms with Crippen molar-refractivity contribution in [3.63, 3.8) is 0 Å². The highest BCUT2D eigenvalue weighted by Gasteiger charge is 2.37. The first-order chi connectivity index (χ1) is 23.1. The predicted molar refractivity (Wildman–Crippen MR) is 202 cm³/mol. The Balaban J connectivity index is 1.25. The van der Waals surface area contributed by atoms with Gasteiger partial charge in [-0.25, -0.2) is 0 Å². The van der Waals surface area contributed by atoms with Crippen molar-refractivity contribution in [1.29, 1.82) is 0 Å². The summed E-state index contributed by atoms with van der Waals surface area (Å²) in [5.74, 6) is 0. The molecule has 47 heavy (non-hydrogen) atoms. The van der Waals surface area contributed by atoms with Gasteiger partial charge in [-0.15, -0.1) is 11.3 Å². The Morgan fingerprint density at radius 3 is 1.83 bits per heavy atom. The van der Waals surface area contributed by atoms with Gasteiger partial charge in [-0.2, -0.15) is 0 Å². The fourth-order valence-electron chi connectivity index (χ4n) is 7.52. The molecule has 0 spiro atoms. The molecular formula is C45H33NS. The molecule has 0 fully saturated rings. The lowest BCUT2D eigenvalue weighted by molar-refractivity contribution is 0.660. The molecule has 0 saturated carbocycles. The Hall–Kier alpha value is -5.44. The van der Waals surface area contributed by atoms with Crippen LogP contribution in [0.3, 0.4) is 0 Å². The van der Waals surface area contributed by atoms with Crippen LogP contribution in [0.2, 0.25) is 0 Å². The first kappa shape index (κ1) is 27.8. The minimum absolute atomic E-state index is 0.0926. The molecule has 0 amide bonds. The van der Waals surface area contributed by atoms with E-state index in [0.29, 0.717) is 0 Å². The molecule has 0 unspecified atom stereocenters. The van der Waals surface area contributed by atoms with Gasteiger partial charge in [0.2, 0.25) is 0 Å². The van der Waals surface area contributed by atoms with Crippen molar-refractivity contribution in [3.05, 3.63) is 175 Å². The van der Waals surface area contributed by atoms with E-state index in [1.165, 1.54) is 64.7 Å². The Bertz CT molecular complexity index is 2420. The maximum absolute atomic E-state index is 2.43. The van der Waals surface area contributed by atoms with E-state index in [2.05, 4.69) is 183 Å². The third kappa shape index (κ3) is 4.52. The van der Waals surface area contributed by atoms with E-state index >= 15 is 0 Å². The van der Waals surface area contributed by atoms with Crippen LogP contribution in [-0.2, 0) is 5.41 Å². The van der Waals surface area contributed by atoms with Crippen LogP contribution in [0, 0.1) is 0 Å². The molecule has 1 aliphatic carbocycles. The number of thiophene rings is 1. The normalized spacial score (nSPS) is 13.1. The Labute approximate surface area is 280 Å². The van der Waals surface area contributed by atoms with Crippen molar-refractivity contribution in [2.75, 3.05) is 4.90 Å². The third-order valence-electron chi connectivity index (χ3n) is 9.88. The molecule has 8 aromatic rings. The molecule has 1 nitrogen and oxygen atoms in total. The van der Waals surface area contributed by atoms with Gasteiger partial charge in [-0.3, -0.25) is 0 Å². The summed E-state index contributed by atoms with van der Waals surface area (Å²) in [4.78, 5) is 2.43. The molecule has 0 N–H and O–H groups in total. The summed E-state index contributed by atoms with van der Waals surface area (Å²) in [7, 11) is 0. The van der Waals surface area contributed by atoms with Gasteiger partial charge in [0.1, 0.15) is 0 Å². The summed E-state index contributed by atoms with van der Waals surface area (Å²) in [5.41, 5.74) is 13.8. The van der Waals surface area contributed by atoms with Crippen molar-refractivity contribution < 1.29 is 0 Å². The highest BCUT2D eigenvalue weighted by molar-refractivity contribution is 7.25. The molecule has 0 aliphatic heterocycles. The number of benzene rings is 7. The summed E-state index contributed by atoms with van der Waals surface area (Å²) in [5, 5.41) is 2.61. The fraction of sp³-hybridized carbons (Fsp3) is 0.0667. The number of anilines is 3. The SMILES string of the molecule is CC1(C)c2ccc(N(c3ccc(-c4ccccc4)cc3)c3ccc4sc5ccccc5c4c3)cc2-c2c(-c3ccccc3)cccc21. The lowest BCUT2D eigenvalue weighted by Crippen LogP contribution is -2.15. The van der Waals surface area contributed by atoms with E-state index < -0.39 is 0 Å². The van der Waals surface area contributed by atoms with Gasteiger partial charge >= 0.3 is 0 Å². The number of fused-ring (bicyclic) bond motifs is 6. The molecule has 224 valence electrons. The van der Waals surface area contributed by atoms with Crippen LogP contribution in [0.25, 0.3) is 53.6 Å². The molecule has 9 rings (SSSR count). The van der Waals surface area contributed by atoms with Crippen LogP contribution in [0.5, 0.6) is 0 Å². The van der Waals surface area contributed by atoms with Crippen molar-refractivity contribution >= 4 is 48.6 Å². The molecule has 7 aromatic carbocycles. The second-order valence-electron chi connectivity index (χ2n) is 13.0. The largest absolute Gasteiger partial charge is 0.310 e. The maximum atomic E-state index is 2.43. The second kappa shape index (κ2) is 10.8. The highest BCUT2D eigenvalue weighted by Crippen LogP contribution is 2.54. The molecule has 0 saturated heterocycles. The third-order valence-corrected chi connectivity index (χ3v) is 11.0. The van der Waals surface area contributed by atoms with Gasteiger partial charge in [0, 0.05) is 42.6 Å². The van der Waals surface area contributed by atoms with Gasteiger partial charge in [0.05, 0.1) is 0 Å². The topological polar surface area (TPSA) is 3.24 Å². The van der Waals surface area contributed by atoms with Crippen LogP contribution < -0.4 is 4.90 Å². The van der Waals surface area contributed by atoms with Crippen molar-refractivity contribution in [2.24, 2.45) is 0 Å². The van der Waals surface area contributed by atoms with Crippen molar-refractivity contribution in [3.8, 4) is 33.4 Å². The van der Waals surface area contributed by atoms with E-state index in [4.69, 9.17) is 0 Å². The highest BCUT2D eigenvalue weighted by atomic mass is 32.1. The Kier molecular flexibility index (Phi) is 6.41. The predicted octanol–water partition coefficient (Wildman–Crippen LogP) is 13.2. The van der Waals surface area contributed by atoms with E-state index in [9.17, 15) is 0 Å². The second-order valence-corrected chi connectivity index (χ2v) is 14.1. The van der Waals surface area contributed by atoms with Crippen molar-refractivity contribution in [1.82, 2.24) is 0 Å². The fourth-order valence-corrected chi connectivity index (χ4v) is 8.61. The van der Waals surface area contributed by atoms with Gasteiger partial charge in [-0.1, -0.05) is 129 Å². The van der Waals surface area contributed by atoms with Crippen LogP contribution >= 0.6 is 11.3 Å². The zero-order chi connectivity index (χ0) is 31.5. The van der Waals surface area contributed by atoms with Crippen LogP contribution in [0.4, 0.5) is 17.1 Å². The van der Waals surface area contributed by atoms with Gasteiger partial charge in [0.15, 0.2) is 0 Å².